The van der Waals surface area contributed by atoms with Gasteiger partial charge in [0.05, 0.1) is 13.2 Å². The van der Waals surface area contributed by atoms with Crippen molar-refractivity contribution < 1.29 is 4.74 Å². The maximum atomic E-state index is 5.70. The number of nitrogens with one attached hydrogen (secondary N) is 2. The number of halogens is 1. The molecule has 6 heteroatoms. The largest absolute Gasteiger partial charge is 0.494 e. The first-order valence-electron chi connectivity index (χ1n) is 10.1. The minimum absolute atomic E-state index is 0. The van der Waals surface area contributed by atoms with E-state index in [0.717, 1.165) is 30.4 Å². The van der Waals surface area contributed by atoms with Gasteiger partial charge in [-0.05, 0) is 59.1 Å². The molecule has 1 heterocycles. The van der Waals surface area contributed by atoms with Crippen LogP contribution in [0.5, 0.6) is 5.75 Å². The van der Waals surface area contributed by atoms with E-state index in [4.69, 9.17) is 9.73 Å². The fourth-order valence-electron chi connectivity index (χ4n) is 3.41. The molecule has 27 heavy (non-hydrogen) atoms. The van der Waals surface area contributed by atoms with Crippen LogP contribution in [0.1, 0.15) is 46.1 Å². The number of hydrogen-bond donors (Lipinski definition) is 2. The molecule has 1 saturated heterocycles. The number of benzene rings is 1. The standard InChI is InChI=1S/C21H36N4O.HI/c1-5-22-21(23-14-18-10-9-13-25(16-18)17(3)4)24-15-19-11-7-8-12-20(19)26-6-2;/h7-8,11-12,17-18H,5-6,9-10,13-16H2,1-4H3,(H2,22,23,24);1H. The second-order valence-corrected chi connectivity index (χ2v) is 7.21. The van der Waals surface area contributed by atoms with Gasteiger partial charge in [0.15, 0.2) is 5.96 Å². The van der Waals surface area contributed by atoms with Crippen molar-refractivity contribution >= 4 is 29.9 Å². The molecule has 1 fully saturated rings. The van der Waals surface area contributed by atoms with E-state index in [1.807, 2.05) is 25.1 Å². The van der Waals surface area contributed by atoms with Crippen LogP contribution in [0, 0.1) is 5.92 Å². The van der Waals surface area contributed by atoms with Gasteiger partial charge >= 0.3 is 0 Å². The van der Waals surface area contributed by atoms with Gasteiger partial charge in [0, 0.05) is 31.2 Å². The molecule has 1 atom stereocenters. The highest BCUT2D eigenvalue weighted by Gasteiger charge is 2.21. The zero-order valence-corrected chi connectivity index (χ0v) is 19.7. The molecule has 0 radical (unpaired) electrons. The molecule has 0 aliphatic carbocycles. The highest BCUT2D eigenvalue weighted by atomic mass is 127. The Morgan fingerprint density at radius 2 is 2.04 bits per heavy atom. The van der Waals surface area contributed by atoms with Crippen LogP contribution in [0.3, 0.4) is 0 Å². The van der Waals surface area contributed by atoms with Crippen LogP contribution in [-0.4, -0.2) is 49.7 Å². The van der Waals surface area contributed by atoms with Gasteiger partial charge in [-0.15, -0.1) is 24.0 Å². The second-order valence-electron chi connectivity index (χ2n) is 7.21. The van der Waals surface area contributed by atoms with Crippen LogP contribution in [0.15, 0.2) is 29.3 Å². The third-order valence-corrected chi connectivity index (χ3v) is 4.86. The average molecular weight is 488 g/mol. The van der Waals surface area contributed by atoms with Crippen molar-refractivity contribution in [3.63, 3.8) is 0 Å². The van der Waals surface area contributed by atoms with E-state index >= 15 is 0 Å². The van der Waals surface area contributed by atoms with E-state index in [2.05, 4.69) is 42.4 Å². The Morgan fingerprint density at radius 1 is 1.26 bits per heavy atom. The fraction of sp³-hybridized carbons (Fsp3) is 0.667. The number of piperidine rings is 1. The van der Waals surface area contributed by atoms with Crippen molar-refractivity contribution in [1.82, 2.24) is 15.5 Å². The number of nitrogens with zero attached hydrogens (tertiary/aromatic N) is 2. The SMILES string of the molecule is CCNC(=NCc1ccccc1OCC)NCC1CCCN(C(C)C)C1.I. The van der Waals surface area contributed by atoms with Crippen molar-refractivity contribution in [2.45, 2.75) is 53.1 Å². The van der Waals surface area contributed by atoms with E-state index in [1.165, 1.54) is 25.9 Å². The van der Waals surface area contributed by atoms with E-state index in [0.29, 0.717) is 25.1 Å². The summed E-state index contributed by atoms with van der Waals surface area (Å²) in [6.07, 6.45) is 2.59. The normalized spacial score (nSPS) is 18.1. The zero-order valence-electron chi connectivity index (χ0n) is 17.3. The lowest BCUT2D eigenvalue weighted by Gasteiger charge is -2.35. The van der Waals surface area contributed by atoms with Gasteiger partial charge in [-0.3, -0.25) is 0 Å². The number of aliphatic imine (C=N–C) groups is 1. The molecule has 1 aliphatic heterocycles. The van der Waals surface area contributed by atoms with Crippen LogP contribution in [-0.2, 0) is 6.54 Å². The summed E-state index contributed by atoms with van der Waals surface area (Å²) in [5, 5.41) is 6.91. The summed E-state index contributed by atoms with van der Waals surface area (Å²) < 4.78 is 5.70. The van der Waals surface area contributed by atoms with E-state index in [9.17, 15) is 0 Å². The summed E-state index contributed by atoms with van der Waals surface area (Å²) in [6.45, 7) is 14.2. The fourth-order valence-corrected chi connectivity index (χ4v) is 3.41. The number of ether oxygens (including phenoxy) is 1. The predicted octanol–water partition coefficient (Wildman–Crippen LogP) is 3.88. The molecule has 5 nitrogen and oxygen atoms in total. The highest BCUT2D eigenvalue weighted by Crippen LogP contribution is 2.19. The Hall–Kier alpha value is -1.02. The topological polar surface area (TPSA) is 48.9 Å². The zero-order chi connectivity index (χ0) is 18.8. The lowest BCUT2D eigenvalue weighted by Crippen LogP contribution is -2.46. The molecular weight excluding hydrogens is 451 g/mol. The van der Waals surface area contributed by atoms with E-state index < -0.39 is 0 Å². The van der Waals surface area contributed by atoms with Crippen molar-refractivity contribution in [1.29, 1.82) is 0 Å². The van der Waals surface area contributed by atoms with Gasteiger partial charge in [0.25, 0.3) is 0 Å². The van der Waals surface area contributed by atoms with Crippen LogP contribution in [0.2, 0.25) is 0 Å². The first-order valence-corrected chi connectivity index (χ1v) is 10.1. The lowest BCUT2D eigenvalue weighted by atomic mass is 9.97. The quantitative estimate of drug-likeness (QED) is 0.331. The van der Waals surface area contributed by atoms with Crippen LogP contribution >= 0.6 is 24.0 Å². The minimum atomic E-state index is 0. The molecule has 1 aromatic rings. The molecule has 1 aliphatic rings. The Bertz CT molecular complexity index is 565. The molecule has 2 rings (SSSR count). The molecule has 2 N–H and O–H groups in total. The summed E-state index contributed by atoms with van der Waals surface area (Å²) in [4.78, 5) is 7.35. The molecule has 1 unspecified atom stereocenters. The molecule has 1 aromatic carbocycles. The van der Waals surface area contributed by atoms with Crippen molar-refractivity contribution in [2.24, 2.45) is 10.9 Å². The van der Waals surface area contributed by atoms with Crippen LogP contribution in [0.4, 0.5) is 0 Å². The molecule has 0 bridgehead atoms. The van der Waals surface area contributed by atoms with Gasteiger partial charge in [0.1, 0.15) is 5.75 Å². The molecule has 154 valence electrons. The van der Waals surface area contributed by atoms with E-state index in [1.54, 1.807) is 0 Å². The highest BCUT2D eigenvalue weighted by molar-refractivity contribution is 14.0. The minimum Gasteiger partial charge on any atom is -0.494 e. The Kier molecular flexibility index (Phi) is 11.7. The second kappa shape index (κ2) is 13.2. The van der Waals surface area contributed by atoms with Crippen molar-refractivity contribution in [3.05, 3.63) is 29.8 Å². The Labute approximate surface area is 182 Å². The maximum Gasteiger partial charge on any atom is 0.191 e. The average Bonchev–Trinajstić information content (AvgIpc) is 2.65. The molecule has 0 aromatic heterocycles. The van der Waals surface area contributed by atoms with Gasteiger partial charge in [-0.2, -0.15) is 0 Å². The third kappa shape index (κ3) is 8.25. The number of likely N-dealkylation sites (tertiary alicyclic amines) is 1. The Morgan fingerprint density at radius 3 is 2.74 bits per heavy atom. The van der Waals surface area contributed by atoms with Gasteiger partial charge in [0.2, 0.25) is 0 Å². The van der Waals surface area contributed by atoms with Gasteiger partial charge in [-0.25, -0.2) is 4.99 Å². The smallest absolute Gasteiger partial charge is 0.191 e. The third-order valence-electron chi connectivity index (χ3n) is 4.86. The summed E-state index contributed by atoms with van der Waals surface area (Å²) in [6, 6.07) is 8.77. The van der Waals surface area contributed by atoms with Crippen molar-refractivity contribution in [3.8, 4) is 5.75 Å². The predicted molar refractivity (Wildman–Crippen MR) is 125 cm³/mol. The molecule has 0 spiro atoms. The van der Waals surface area contributed by atoms with Crippen LogP contribution < -0.4 is 15.4 Å². The van der Waals surface area contributed by atoms with Crippen molar-refractivity contribution in [2.75, 3.05) is 32.8 Å². The van der Waals surface area contributed by atoms with Gasteiger partial charge < -0.3 is 20.3 Å². The molecular formula is C21H37IN4O. The lowest BCUT2D eigenvalue weighted by molar-refractivity contribution is 0.141. The first-order chi connectivity index (χ1) is 12.6. The van der Waals surface area contributed by atoms with Crippen LogP contribution in [0.25, 0.3) is 0 Å². The summed E-state index contributed by atoms with van der Waals surface area (Å²) >= 11 is 0. The monoisotopic (exact) mass is 488 g/mol. The number of rotatable bonds is 8. The summed E-state index contributed by atoms with van der Waals surface area (Å²) in [5.41, 5.74) is 1.12. The van der Waals surface area contributed by atoms with E-state index in [-0.39, 0.29) is 24.0 Å². The molecule has 0 amide bonds. The maximum absolute atomic E-state index is 5.70. The number of guanidine groups is 1. The Balaban J connectivity index is 0.00000364. The molecule has 0 saturated carbocycles. The summed E-state index contributed by atoms with van der Waals surface area (Å²) in [5.74, 6) is 2.50. The summed E-state index contributed by atoms with van der Waals surface area (Å²) in [7, 11) is 0. The number of hydrogen-bond acceptors (Lipinski definition) is 3. The first kappa shape index (κ1) is 24.0. The number of para-hydroxylation sites is 1. The van der Waals surface area contributed by atoms with Gasteiger partial charge in [-0.1, -0.05) is 18.2 Å².